The smallest absolute Gasteiger partial charge is 0.410 e. The highest BCUT2D eigenvalue weighted by Gasteiger charge is 2.26. The Kier molecular flexibility index (Phi) is 7.23. The summed E-state index contributed by atoms with van der Waals surface area (Å²) >= 11 is 11.9. The maximum Gasteiger partial charge on any atom is 0.410 e. The molecule has 0 saturated heterocycles. The van der Waals surface area contributed by atoms with Gasteiger partial charge in [0.2, 0.25) is 0 Å². The average molecular weight is 517 g/mol. The van der Waals surface area contributed by atoms with Crippen LogP contribution in [0.1, 0.15) is 42.3 Å². The maximum atomic E-state index is 12.8. The Labute approximate surface area is 213 Å². The molecule has 4 rings (SSSR count). The third kappa shape index (κ3) is 6.46. The number of rotatable bonds is 5. The van der Waals surface area contributed by atoms with E-state index in [9.17, 15) is 9.59 Å². The van der Waals surface area contributed by atoms with Crippen LogP contribution in [0, 0.1) is 0 Å². The zero-order chi connectivity index (χ0) is 25.2. The van der Waals surface area contributed by atoms with Crippen LogP contribution >= 0.6 is 23.2 Å². The van der Waals surface area contributed by atoms with Crippen molar-refractivity contribution < 1.29 is 19.1 Å². The summed E-state index contributed by atoms with van der Waals surface area (Å²) < 4.78 is 12.7. The summed E-state index contributed by atoms with van der Waals surface area (Å²) in [7, 11) is 0. The molecule has 2 aromatic carbocycles. The highest BCUT2D eigenvalue weighted by molar-refractivity contribution is 6.42. The topological polar surface area (TPSA) is 85.7 Å². The molecule has 0 fully saturated rings. The first-order chi connectivity index (χ1) is 16.6. The Morgan fingerprint density at radius 1 is 1.09 bits per heavy atom. The Hall–Kier alpha value is -3.23. The average Bonchev–Trinajstić information content (AvgIpc) is 3.25. The molecule has 10 heteroatoms. The molecule has 3 aromatic rings. The molecular formula is C25H26Cl2N4O4. The van der Waals surface area contributed by atoms with Crippen LogP contribution in [0.15, 0.2) is 48.8 Å². The number of hydrogen-bond acceptors (Lipinski definition) is 5. The Bertz CT molecular complexity index is 1250. The lowest BCUT2D eigenvalue weighted by molar-refractivity contribution is 0.0224. The molecule has 8 nitrogen and oxygen atoms in total. The van der Waals surface area contributed by atoms with E-state index in [-0.39, 0.29) is 18.7 Å². The van der Waals surface area contributed by atoms with E-state index < -0.39 is 5.60 Å². The van der Waals surface area contributed by atoms with Crippen LogP contribution in [0.5, 0.6) is 5.75 Å². The number of anilines is 1. The number of aromatic nitrogens is 2. The van der Waals surface area contributed by atoms with E-state index >= 15 is 0 Å². The first-order valence-electron chi connectivity index (χ1n) is 11.1. The molecule has 2 heterocycles. The van der Waals surface area contributed by atoms with Crippen LogP contribution in [0.25, 0.3) is 0 Å². The largest absolute Gasteiger partial charge is 0.471 e. The van der Waals surface area contributed by atoms with Gasteiger partial charge in [-0.15, -0.1) is 0 Å². The van der Waals surface area contributed by atoms with Gasteiger partial charge in [0.05, 0.1) is 28.1 Å². The van der Waals surface area contributed by atoms with Crippen LogP contribution in [-0.2, 0) is 24.4 Å². The number of ether oxygens (including phenoxy) is 2. The second kappa shape index (κ2) is 10.2. The molecule has 2 amide bonds. The second-order valence-electron chi connectivity index (χ2n) is 9.21. The Morgan fingerprint density at radius 3 is 2.63 bits per heavy atom. The molecule has 1 aliphatic heterocycles. The number of nitrogens with one attached hydrogen (secondary N) is 1. The van der Waals surface area contributed by atoms with Crippen molar-refractivity contribution in [3.05, 3.63) is 75.5 Å². The number of fused-ring (bicyclic) bond motifs is 1. The minimum absolute atomic E-state index is 0.140. The van der Waals surface area contributed by atoms with Gasteiger partial charge in [0.1, 0.15) is 11.4 Å². The normalized spacial score (nSPS) is 13.2. The molecule has 0 atom stereocenters. The van der Waals surface area contributed by atoms with Crippen LogP contribution in [0.3, 0.4) is 0 Å². The van der Waals surface area contributed by atoms with E-state index in [1.807, 2.05) is 32.9 Å². The lowest BCUT2D eigenvalue weighted by atomic mass is 9.97. The van der Waals surface area contributed by atoms with Crippen LogP contribution < -0.4 is 10.1 Å². The molecule has 1 aromatic heterocycles. The van der Waals surface area contributed by atoms with Crippen LogP contribution in [-0.4, -0.2) is 38.8 Å². The SMILES string of the molecule is CC(C)(C)OC(=O)N1CCc2cc(C(=O)Nc3cnn(COc4ccc(Cl)c(Cl)c4)c3)ccc2C1. The van der Waals surface area contributed by atoms with Gasteiger partial charge in [-0.25, -0.2) is 9.48 Å². The van der Waals surface area contributed by atoms with Crippen molar-refractivity contribution >= 4 is 40.9 Å². The minimum Gasteiger partial charge on any atom is -0.471 e. The highest BCUT2D eigenvalue weighted by atomic mass is 35.5. The van der Waals surface area contributed by atoms with E-state index in [0.717, 1.165) is 11.1 Å². The first kappa shape index (κ1) is 24.9. The van der Waals surface area contributed by atoms with E-state index in [2.05, 4.69) is 10.4 Å². The Morgan fingerprint density at radius 2 is 1.89 bits per heavy atom. The summed E-state index contributed by atoms with van der Waals surface area (Å²) in [5, 5.41) is 7.91. The number of halogens is 2. The van der Waals surface area contributed by atoms with E-state index in [1.165, 1.54) is 0 Å². The van der Waals surface area contributed by atoms with Crippen molar-refractivity contribution in [1.82, 2.24) is 14.7 Å². The molecule has 0 bridgehead atoms. The molecule has 1 N–H and O–H groups in total. The van der Waals surface area contributed by atoms with Crippen molar-refractivity contribution in [2.45, 2.75) is 46.1 Å². The molecule has 0 spiro atoms. The predicted octanol–water partition coefficient (Wildman–Crippen LogP) is 5.77. The minimum atomic E-state index is -0.539. The van der Waals surface area contributed by atoms with Crippen molar-refractivity contribution in [2.24, 2.45) is 0 Å². The fraction of sp³-hybridized carbons (Fsp3) is 0.320. The standard InChI is InChI=1S/C25H26Cl2N4O4/c1-25(2,3)35-24(33)30-9-8-16-10-17(4-5-18(16)13-30)23(32)29-19-12-28-31(14-19)15-34-20-6-7-21(26)22(27)11-20/h4-7,10-12,14H,8-9,13,15H2,1-3H3,(H,29,32). The van der Waals surface area contributed by atoms with Crippen molar-refractivity contribution in [1.29, 1.82) is 0 Å². The van der Waals surface area contributed by atoms with E-state index in [1.54, 1.807) is 46.2 Å². The molecule has 35 heavy (non-hydrogen) atoms. The van der Waals surface area contributed by atoms with Gasteiger partial charge < -0.3 is 19.7 Å². The highest BCUT2D eigenvalue weighted by Crippen LogP contribution is 2.27. The molecular weight excluding hydrogens is 491 g/mol. The lowest BCUT2D eigenvalue weighted by Crippen LogP contribution is -2.39. The first-order valence-corrected chi connectivity index (χ1v) is 11.8. The quantitative estimate of drug-likeness (QED) is 0.464. The summed E-state index contributed by atoms with van der Waals surface area (Å²) in [4.78, 5) is 26.8. The second-order valence-corrected chi connectivity index (χ2v) is 10.0. The van der Waals surface area contributed by atoms with E-state index in [4.69, 9.17) is 32.7 Å². The lowest BCUT2D eigenvalue weighted by Gasteiger charge is -2.31. The number of hydrogen-bond donors (Lipinski definition) is 1. The molecule has 0 radical (unpaired) electrons. The van der Waals surface area contributed by atoms with Gasteiger partial charge >= 0.3 is 6.09 Å². The maximum absolute atomic E-state index is 12.8. The zero-order valence-corrected chi connectivity index (χ0v) is 21.2. The van der Waals surface area contributed by atoms with Crippen LogP contribution in [0.2, 0.25) is 10.0 Å². The number of amides is 2. The van der Waals surface area contributed by atoms with Gasteiger partial charge in [-0.2, -0.15) is 5.10 Å². The van der Waals surface area contributed by atoms with Crippen LogP contribution in [0.4, 0.5) is 10.5 Å². The van der Waals surface area contributed by atoms with Gasteiger partial charge in [0.15, 0.2) is 6.73 Å². The fourth-order valence-corrected chi connectivity index (χ4v) is 3.87. The number of carbonyl (C=O) groups is 2. The van der Waals surface area contributed by atoms with E-state index in [0.29, 0.717) is 46.6 Å². The molecule has 0 saturated carbocycles. The predicted molar refractivity (Wildman–Crippen MR) is 134 cm³/mol. The number of benzene rings is 2. The Balaban J connectivity index is 1.34. The van der Waals surface area contributed by atoms with Gasteiger partial charge in [-0.1, -0.05) is 29.3 Å². The number of carbonyl (C=O) groups excluding carboxylic acids is 2. The summed E-state index contributed by atoms with van der Waals surface area (Å²) in [6, 6.07) is 10.5. The zero-order valence-electron chi connectivity index (χ0n) is 19.7. The molecule has 1 aliphatic rings. The van der Waals surface area contributed by atoms with Crippen molar-refractivity contribution in [3.8, 4) is 5.75 Å². The van der Waals surface area contributed by atoms with Gasteiger partial charge in [0, 0.05) is 24.7 Å². The van der Waals surface area contributed by atoms with Gasteiger partial charge in [-0.3, -0.25) is 4.79 Å². The van der Waals surface area contributed by atoms with Crippen molar-refractivity contribution in [3.63, 3.8) is 0 Å². The summed E-state index contributed by atoms with van der Waals surface area (Å²) in [5.74, 6) is 0.312. The van der Waals surface area contributed by atoms with Gasteiger partial charge in [-0.05, 0) is 62.6 Å². The third-order valence-electron chi connectivity index (χ3n) is 5.28. The molecule has 0 aliphatic carbocycles. The third-order valence-corrected chi connectivity index (χ3v) is 6.02. The molecule has 184 valence electrons. The fourth-order valence-electron chi connectivity index (χ4n) is 3.59. The molecule has 0 unspecified atom stereocenters. The summed E-state index contributed by atoms with van der Waals surface area (Å²) in [6.07, 6.45) is 3.55. The summed E-state index contributed by atoms with van der Waals surface area (Å²) in [5.41, 5.74) is 2.59. The van der Waals surface area contributed by atoms with Crippen molar-refractivity contribution in [2.75, 3.05) is 11.9 Å². The monoisotopic (exact) mass is 516 g/mol. The number of nitrogens with zero attached hydrogens (tertiary/aromatic N) is 3. The van der Waals surface area contributed by atoms with Gasteiger partial charge in [0.25, 0.3) is 5.91 Å². The summed E-state index contributed by atoms with van der Waals surface area (Å²) in [6.45, 7) is 6.68.